The first-order valence-corrected chi connectivity index (χ1v) is 5.48. The van der Waals surface area contributed by atoms with Crippen molar-refractivity contribution in [2.75, 3.05) is 13.9 Å². The van der Waals surface area contributed by atoms with Crippen molar-refractivity contribution in [2.24, 2.45) is 0 Å². The first-order chi connectivity index (χ1) is 6.69. The maximum atomic E-state index is 9.10. The molecule has 0 aliphatic rings. The van der Waals surface area contributed by atoms with Gasteiger partial charge in [-0.05, 0) is 28.1 Å². The summed E-state index contributed by atoms with van der Waals surface area (Å²) in [4.78, 5) is 0. The Balaban J connectivity index is 2.99. The van der Waals surface area contributed by atoms with Gasteiger partial charge < -0.3 is 14.6 Å². The number of aliphatic hydroxyl groups is 1. The van der Waals surface area contributed by atoms with Crippen molar-refractivity contribution in [1.82, 2.24) is 0 Å². The highest BCUT2D eigenvalue weighted by atomic mass is 79.9. The SMILES string of the molecule is COCOc1c(Br)cc(Br)cc1CO. The summed E-state index contributed by atoms with van der Waals surface area (Å²) in [6, 6.07) is 3.65. The van der Waals surface area contributed by atoms with Gasteiger partial charge in [-0.15, -0.1) is 0 Å². The van der Waals surface area contributed by atoms with E-state index in [-0.39, 0.29) is 13.4 Å². The van der Waals surface area contributed by atoms with Crippen LogP contribution in [0.25, 0.3) is 0 Å². The summed E-state index contributed by atoms with van der Waals surface area (Å²) in [6.07, 6.45) is 0. The zero-order valence-corrected chi connectivity index (χ0v) is 10.8. The van der Waals surface area contributed by atoms with E-state index >= 15 is 0 Å². The van der Waals surface area contributed by atoms with Crippen molar-refractivity contribution in [1.29, 1.82) is 0 Å². The zero-order valence-electron chi connectivity index (χ0n) is 7.59. The van der Waals surface area contributed by atoms with Crippen LogP contribution in [0.1, 0.15) is 5.56 Å². The molecule has 5 heteroatoms. The molecule has 0 spiro atoms. The Morgan fingerprint density at radius 3 is 2.64 bits per heavy atom. The van der Waals surface area contributed by atoms with Crippen molar-refractivity contribution in [3.63, 3.8) is 0 Å². The van der Waals surface area contributed by atoms with Gasteiger partial charge in [0.1, 0.15) is 5.75 Å². The summed E-state index contributed by atoms with van der Waals surface area (Å²) < 4.78 is 11.8. The van der Waals surface area contributed by atoms with Crippen molar-refractivity contribution in [3.8, 4) is 5.75 Å². The first-order valence-electron chi connectivity index (χ1n) is 3.89. The van der Waals surface area contributed by atoms with Gasteiger partial charge in [-0.25, -0.2) is 0 Å². The number of halogens is 2. The van der Waals surface area contributed by atoms with Gasteiger partial charge in [0.2, 0.25) is 0 Å². The molecule has 1 aromatic carbocycles. The molecule has 0 radical (unpaired) electrons. The lowest BCUT2D eigenvalue weighted by Crippen LogP contribution is -2.02. The van der Waals surface area contributed by atoms with Gasteiger partial charge in [-0.3, -0.25) is 0 Å². The summed E-state index contributed by atoms with van der Waals surface area (Å²) in [6.45, 7) is 0.0876. The van der Waals surface area contributed by atoms with E-state index in [1.807, 2.05) is 6.07 Å². The number of ether oxygens (including phenoxy) is 2. The molecule has 0 fully saturated rings. The fraction of sp³-hybridized carbons (Fsp3) is 0.333. The van der Waals surface area contributed by atoms with Crippen molar-refractivity contribution in [2.45, 2.75) is 6.61 Å². The molecule has 14 heavy (non-hydrogen) atoms. The summed E-state index contributed by atoms with van der Waals surface area (Å²) in [5.74, 6) is 0.609. The molecule has 3 nitrogen and oxygen atoms in total. The molecule has 0 heterocycles. The molecule has 0 aromatic heterocycles. The molecule has 0 aliphatic heterocycles. The van der Waals surface area contributed by atoms with Crippen LogP contribution in [0.2, 0.25) is 0 Å². The van der Waals surface area contributed by atoms with Crippen LogP contribution in [0.3, 0.4) is 0 Å². The van der Waals surface area contributed by atoms with Gasteiger partial charge in [0, 0.05) is 17.1 Å². The van der Waals surface area contributed by atoms with Crippen LogP contribution in [-0.4, -0.2) is 19.0 Å². The van der Waals surface area contributed by atoms with Crippen LogP contribution < -0.4 is 4.74 Å². The van der Waals surface area contributed by atoms with Crippen LogP contribution in [0.15, 0.2) is 21.1 Å². The topological polar surface area (TPSA) is 38.7 Å². The van der Waals surface area contributed by atoms with Gasteiger partial charge in [-0.1, -0.05) is 15.9 Å². The summed E-state index contributed by atoms with van der Waals surface area (Å²) >= 11 is 6.68. The summed E-state index contributed by atoms with van der Waals surface area (Å²) in [7, 11) is 1.55. The van der Waals surface area contributed by atoms with Crippen LogP contribution in [-0.2, 0) is 11.3 Å². The Kier molecular flexibility index (Phi) is 4.88. The molecule has 0 atom stereocenters. The van der Waals surface area contributed by atoms with E-state index in [2.05, 4.69) is 31.9 Å². The highest BCUT2D eigenvalue weighted by molar-refractivity contribution is 9.11. The quantitative estimate of drug-likeness (QED) is 0.865. The second-order valence-corrected chi connectivity index (χ2v) is 4.35. The van der Waals surface area contributed by atoms with E-state index in [1.165, 1.54) is 0 Å². The van der Waals surface area contributed by atoms with Crippen LogP contribution >= 0.6 is 31.9 Å². The average molecular weight is 326 g/mol. The molecule has 0 aliphatic carbocycles. The third-order valence-corrected chi connectivity index (χ3v) is 2.62. The normalized spacial score (nSPS) is 10.3. The third kappa shape index (κ3) is 2.95. The number of benzene rings is 1. The smallest absolute Gasteiger partial charge is 0.188 e. The van der Waals surface area contributed by atoms with E-state index in [0.29, 0.717) is 11.3 Å². The van der Waals surface area contributed by atoms with E-state index in [0.717, 1.165) is 8.95 Å². The Morgan fingerprint density at radius 2 is 2.07 bits per heavy atom. The van der Waals surface area contributed by atoms with Crippen molar-refractivity contribution >= 4 is 31.9 Å². The van der Waals surface area contributed by atoms with Crippen LogP contribution in [0, 0.1) is 0 Å². The summed E-state index contributed by atoms with van der Waals surface area (Å²) in [5, 5.41) is 9.10. The Labute approximate surface area is 99.3 Å². The maximum Gasteiger partial charge on any atom is 0.188 e. The Morgan fingerprint density at radius 1 is 1.36 bits per heavy atom. The second-order valence-electron chi connectivity index (χ2n) is 2.58. The van der Waals surface area contributed by atoms with Gasteiger partial charge in [0.25, 0.3) is 0 Å². The highest BCUT2D eigenvalue weighted by Crippen LogP contribution is 2.32. The van der Waals surface area contributed by atoms with Crippen molar-refractivity contribution in [3.05, 3.63) is 26.6 Å². The zero-order chi connectivity index (χ0) is 10.6. The predicted molar refractivity (Wildman–Crippen MR) is 60.3 cm³/mol. The average Bonchev–Trinajstić information content (AvgIpc) is 2.15. The highest BCUT2D eigenvalue weighted by Gasteiger charge is 2.09. The van der Waals surface area contributed by atoms with Gasteiger partial charge >= 0.3 is 0 Å². The lowest BCUT2D eigenvalue weighted by atomic mass is 10.2. The minimum atomic E-state index is -0.0723. The number of hydrogen-bond acceptors (Lipinski definition) is 3. The van der Waals surface area contributed by atoms with E-state index in [4.69, 9.17) is 14.6 Å². The molecular formula is C9H10Br2O3. The fourth-order valence-corrected chi connectivity index (χ4v) is 2.44. The van der Waals surface area contributed by atoms with Crippen LogP contribution in [0.4, 0.5) is 0 Å². The van der Waals surface area contributed by atoms with Gasteiger partial charge in [0.15, 0.2) is 6.79 Å². The molecule has 1 N–H and O–H groups in total. The predicted octanol–water partition coefficient (Wildman–Crippen LogP) is 2.69. The minimum absolute atomic E-state index is 0.0723. The van der Waals surface area contributed by atoms with E-state index < -0.39 is 0 Å². The van der Waals surface area contributed by atoms with Gasteiger partial charge in [-0.2, -0.15) is 0 Å². The largest absolute Gasteiger partial charge is 0.466 e. The number of aliphatic hydroxyl groups excluding tert-OH is 1. The molecule has 0 saturated carbocycles. The third-order valence-electron chi connectivity index (χ3n) is 1.58. The first kappa shape index (κ1) is 12.0. The molecule has 0 bridgehead atoms. The number of methoxy groups -OCH3 is 1. The Hall–Kier alpha value is -0.100. The summed E-state index contributed by atoms with van der Waals surface area (Å²) in [5.41, 5.74) is 0.711. The lowest BCUT2D eigenvalue weighted by Gasteiger charge is -2.11. The number of rotatable bonds is 4. The minimum Gasteiger partial charge on any atom is -0.466 e. The second kappa shape index (κ2) is 5.70. The molecule has 1 aromatic rings. The van der Waals surface area contributed by atoms with Gasteiger partial charge in [0.05, 0.1) is 11.1 Å². The van der Waals surface area contributed by atoms with E-state index in [1.54, 1.807) is 13.2 Å². The van der Waals surface area contributed by atoms with E-state index in [9.17, 15) is 0 Å². The molecule has 78 valence electrons. The van der Waals surface area contributed by atoms with Crippen molar-refractivity contribution < 1.29 is 14.6 Å². The molecule has 0 amide bonds. The number of hydrogen-bond donors (Lipinski definition) is 1. The molecular weight excluding hydrogens is 316 g/mol. The molecule has 1 rings (SSSR count). The lowest BCUT2D eigenvalue weighted by molar-refractivity contribution is 0.0489. The molecule has 0 unspecified atom stereocenters. The monoisotopic (exact) mass is 324 g/mol. The standard InChI is InChI=1S/C9H10Br2O3/c1-13-5-14-9-6(4-12)2-7(10)3-8(9)11/h2-3,12H,4-5H2,1H3. The fourth-order valence-electron chi connectivity index (χ4n) is 1.01. The maximum absolute atomic E-state index is 9.10. The van der Waals surface area contributed by atoms with Crippen LogP contribution in [0.5, 0.6) is 5.75 Å². The Bertz CT molecular complexity index is 315. The molecule has 0 saturated heterocycles.